The Balaban J connectivity index is 0.000000159. The number of nitrogens with zero attached hydrogens (tertiary/aromatic N) is 10. The first-order chi connectivity index (χ1) is 34.6. The van der Waals surface area contributed by atoms with E-state index >= 15 is 0 Å². The van der Waals surface area contributed by atoms with E-state index in [0.29, 0.717) is 55.3 Å². The summed E-state index contributed by atoms with van der Waals surface area (Å²) in [5.41, 5.74) is 3.73. The molecule has 2 saturated heterocycles. The van der Waals surface area contributed by atoms with E-state index < -0.39 is 16.9 Å². The molecule has 8 aromatic rings. The van der Waals surface area contributed by atoms with Crippen LogP contribution in [0.5, 0.6) is 17.5 Å². The summed E-state index contributed by atoms with van der Waals surface area (Å²) >= 11 is 21.0. The van der Waals surface area contributed by atoms with Gasteiger partial charge in [0.1, 0.15) is 11.5 Å². The van der Waals surface area contributed by atoms with Crippen LogP contribution in [0.4, 0.5) is 0 Å². The van der Waals surface area contributed by atoms with E-state index in [9.17, 15) is 24.3 Å². The molecule has 10 rings (SSSR count). The molecule has 378 valence electrons. The van der Waals surface area contributed by atoms with E-state index in [1.54, 1.807) is 59.6 Å². The maximum absolute atomic E-state index is 13.1. The van der Waals surface area contributed by atoms with Crippen molar-refractivity contribution in [2.75, 3.05) is 52.6 Å². The molecule has 18 nitrogen and oxygen atoms in total. The monoisotopic (exact) mass is 1100 g/mol. The normalized spacial score (nSPS) is 14.2. The van der Waals surface area contributed by atoms with Crippen LogP contribution >= 0.6 is 50.7 Å². The molecule has 2 aliphatic heterocycles. The number of phenols is 1. The average Bonchev–Trinajstić information content (AvgIpc) is 3.91. The van der Waals surface area contributed by atoms with Crippen molar-refractivity contribution >= 4 is 73.1 Å². The van der Waals surface area contributed by atoms with Crippen molar-refractivity contribution in [3.63, 3.8) is 0 Å². The number of ether oxygens (including phenoxy) is 3. The number of aryl methyl sites for hydroxylation is 2. The Morgan fingerprint density at radius 1 is 0.569 bits per heavy atom. The van der Waals surface area contributed by atoms with Crippen LogP contribution in [0.2, 0.25) is 15.1 Å². The van der Waals surface area contributed by atoms with Crippen LogP contribution in [-0.4, -0.2) is 105 Å². The second kappa shape index (κ2) is 23.2. The first-order valence-corrected chi connectivity index (χ1v) is 24.8. The molecule has 0 saturated carbocycles. The minimum absolute atomic E-state index is 0.155. The summed E-state index contributed by atoms with van der Waals surface area (Å²) in [5, 5.41) is 11.1. The summed E-state index contributed by atoms with van der Waals surface area (Å²) in [4.78, 5) is 63.5. The number of rotatable bonds is 10. The van der Waals surface area contributed by atoms with Crippen molar-refractivity contribution in [1.29, 1.82) is 0 Å². The lowest BCUT2D eigenvalue weighted by molar-refractivity contribution is 0.0341. The van der Waals surface area contributed by atoms with Crippen molar-refractivity contribution in [2.45, 2.75) is 26.2 Å². The molecule has 0 spiro atoms. The Labute approximate surface area is 436 Å². The van der Waals surface area contributed by atoms with Crippen LogP contribution in [-0.2, 0) is 63.8 Å². The maximum Gasteiger partial charge on any atom is 0.332 e. The molecule has 2 fully saturated rings. The lowest BCUT2D eigenvalue weighted by Gasteiger charge is -2.26. The highest BCUT2D eigenvalue weighted by Crippen LogP contribution is 2.28. The van der Waals surface area contributed by atoms with E-state index in [-0.39, 0.29) is 23.0 Å². The molecule has 22 heteroatoms. The minimum atomic E-state index is -0.447. The van der Waals surface area contributed by atoms with Crippen molar-refractivity contribution in [2.24, 2.45) is 28.2 Å². The van der Waals surface area contributed by atoms with Gasteiger partial charge in [0.2, 0.25) is 0 Å². The molecular weight excluding hydrogens is 1050 g/mol. The van der Waals surface area contributed by atoms with Crippen molar-refractivity contribution in [1.82, 2.24) is 47.2 Å². The minimum Gasteiger partial charge on any atom is -0.506 e. The van der Waals surface area contributed by atoms with E-state index in [2.05, 4.69) is 41.8 Å². The number of fused-ring (bicyclic) bond motifs is 2. The van der Waals surface area contributed by atoms with Gasteiger partial charge in [0.15, 0.2) is 27.1 Å². The molecule has 0 atom stereocenters. The summed E-state index contributed by atoms with van der Waals surface area (Å²) in [6.07, 6.45) is 0. The first-order valence-electron chi connectivity index (χ1n) is 22.9. The Hall–Kier alpha value is -6.03. The second-order valence-electron chi connectivity index (χ2n) is 17.3. The van der Waals surface area contributed by atoms with Gasteiger partial charge in [0, 0.05) is 77.5 Å². The zero-order valence-corrected chi connectivity index (χ0v) is 43.8. The Morgan fingerprint density at radius 3 is 1.54 bits per heavy atom. The van der Waals surface area contributed by atoms with Gasteiger partial charge in [-0.1, -0.05) is 77.3 Å². The van der Waals surface area contributed by atoms with Gasteiger partial charge >= 0.3 is 17.4 Å². The fourth-order valence-corrected chi connectivity index (χ4v) is 9.10. The van der Waals surface area contributed by atoms with Gasteiger partial charge in [0.25, 0.3) is 11.1 Å². The number of imidazole rings is 2. The van der Waals surface area contributed by atoms with E-state index in [4.69, 9.17) is 49.0 Å². The van der Waals surface area contributed by atoms with Gasteiger partial charge < -0.3 is 23.9 Å². The lowest BCUT2D eigenvalue weighted by Crippen LogP contribution is -2.37. The highest BCUT2D eigenvalue weighted by molar-refractivity contribution is 9.10. The lowest BCUT2D eigenvalue weighted by atomic mass is 10.2. The molecule has 0 amide bonds. The Kier molecular flexibility index (Phi) is 16.9. The van der Waals surface area contributed by atoms with Gasteiger partial charge in [-0.15, -0.1) is 0 Å². The Bertz CT molecular complexity index is 3470. The molecule has 0 bridgehead atoms. The summed E-state index contributed by atoms with van der Waals surface area (Å²) < 4.78 is 25.7. The zero-order valence-electron chi connectivity index (χ0n) is 39.9. The summed E-state index contributed by atoms with van der Waals surface area (Å²) in [6, 6.07) is 28.1. The molecule has 0 unspecified atom stereocenters. The van der Waals surface area contributed by atoms with Gasteiger partial charge in [-0.05, 0) is 86.7 Å². The molecular formula is C50H52BrCl3N10O8. The molecule has 0 radical (unpaired) electrons. The van der Waals surface area contributed by atoms with Crippen LogP contribution < -0.4 is 27.2 Å². The number of morpholine rings is 2. The van der Waals surface area contributed by atoms with E-state index in [1.807, 2.05) is 48.5 Å². The molecule has 0 aliphatic carbocycles. The van der Waals surface area contributed by atoms with E-state index in [1.165, 1.54) is 23.2 Å². The predicted molar refractivity (Wildman–Crippen MR) is 281 cm³/mol. The Morgan fingerprint density at radius 2 is 1.03 bits per heavy atom. The van der Waals surface area contributed by atoms with E-state index in [0.717, 1.165) is 97.1 Å². The molecule has 1 N–H and O–H groups in total. The number of hydrogen-bond acceptors (Lipinski definition) is 12. The fourth-order valence-electron chi connectivity index (χ4n) is 8.26. The largest absolute Gasteiger partial charge is 0.506 e. The molecule has 4 aromatic carbocycles. The molecule has 2 aliphatic rings. The molecule has 72 heavy (non-hydrogen) atoms. The first kappa shape index (κ1) is 52.3. The highest BCUT2D eigenvalue weighted by atomic mass is 79.9. The third-order valence-corrected chi connectivity index (χ3v) is 13.7. The highest BCUT2D eigenvalue weighted by Gasteiger charge is 2.22. The third kappa shape index (κ3) is 12.1. The van der Waals surface area contributed by atoms with Crippen molar-refractivity contribution < 1.29 is 19.3 Å². The SMILES string of the molecule is Cn1c(=O)c2c(nc(Br)n2Cc2ccc(Cl)cc2)n(C)c1=O.Cn1c(=O)c2c(nc(Oc3cccc(CN4CCOCC4)c3)n2Cc2ccc(Cl)cc2)n(C)c1=O.Oc1cc(CN2CCOCC2)ccc1Cl. The quantitative estimate of drug-likeness (QED) is 0.147. The van der Waals surface area contributed by atoms with Gasteiger partial charge in [-0.3, -0.25) is 42.2 Å². The maximum atomic E-state index is 13.1. The standard InChI is InChI=1S/C25H26ClN5O4.C14H12BrClN4O2.C11H14ClNO2/c1-28-22-21(23(32)29(2)25(28)33)31(16-17-6-8-19(26)9-7-17)24(27-22)35-20-5-3-4-18(14-20)15-30-10-12-34-13-11-30;1-18-11-10(12(21)19(2)14(18)22)20(13(15)17-11)7-8-3-5-9(16)6-4-8;12-10-2-1-9(7-11(10)14)8-13-3-5-15-6-4-13/h3-9,14H,10-13,15-16H2,1-2H3;3-6H,7H2,1-2H3;1-2,7,14H,3-6,8H2. The average molecular weight is 1110 g/mol. The summed E-state index contributed by atoms with van der Waals surface area (Å²) in [7, 11) is 6.10. The van der Waals surface area contributed by atoms with Crippen LogP contribution in [0.3, 0.4) is 0 Å². The van der Waals surface area contributed by atoms with Crippen molar-refractivity contribution in [3.05, 3.63) is 175 Å². The van der Waals surface area contributed by atoms with Crippen LogP contribution in [0.25, 0.3) is 22.3 Å². The third-order valence-electron chi connectivity index (χ3n) is 12.3. The molecule has 6 heterocycles. The zero-order chi connectivity index (χ0) is 51.2. The number of benzene rings is 4. The number of hydrogen-bond donors (Lipinski definition) is 1. The number of phenolic OH excluding ortho intramolecular Hbond substituents is 1. The van der Waals surface area contributed by atoms with Gasteiger partial charge in [0.05, 0.1) is 44.5 Å². The summed E-state index contributed by atoms with van der Waals surface area (Å²) in [6.45, 7) is 9.12. The number of halogens is 4. The van der Waals surface area contributed by atoms with Crippen LogP contribution in [0.1, 0.15) is 22.3 Å². The van der Waals surface area contributed by atoms with Gasteiger partial charge in [-0.2, -0.15) is 4.98 Å². The van der Waals surface area contributed by atoms with Crippen LogP contribution in [0.15, 0.2) is 115 Å². The number of aromatic nitrogens is 8. The van der Waals surface area contributed by atoms with Crippen LogP contribution in [0, 0.1) is 0 Å². The fraction of sp³-hybridized carbons (Fsp3) is 0.320. The number of aromatic hydroxyl groups is 1. The van der Waals surface area contributed by atoms with Crippen molar-refractivity contribution in [3.8, 4) is 17.5 Å². The predicted octanol–water partition coefficient (Wildman–Crippen LogP) is 6.54. The second-order valence-corrected chi connectivity index (χ2v) is 19.3. The summed E-state index contributed by atoms with van der Waals surface area (Å²) in [5.74, 6) is 0.757. The topological polar surface area (TPSA) is 178 Å². The molecule has 4 aromatic heterocycles. The van der Waals surface area contributed by atoms with Gasteiger partial charge in [-0.25, -0.2) is 14.6 Å². The smallest absolute Gasteiger partial charge is 0.332 e.